The van der Waals surface area contributed by atoms with Gasteiger partial charge in [-0.25, -0.2) is 8.42 Å². The van der Waals surface area contributed by atoms with Crippen LogP contribution in [0.1, 0.15) is 49.3 Å². The Hall–Kier alpha value is -2.09. The number of hydrogen-bond acceptors (Lipinski definition) is 4. The number of carbonyl (C=O) groups is 1. The van der Waals surface area contributed by atoms with Gasteiger partial charge in [0.2, 0.25) is 5.91 Å². The molecule has 0 aromatic heterocycles. The van der Waals surface area contributed by atoms with Crippen LogP contribution in [0.25, 0.3) is 0 Å². The Bertz CT molecular complexity index is 994. The highest BCUT2D eigenvalue weighted by Gasteiger charge is 2.34. The third-order valence-electron chi connectivity index (χ3n) is 5.21. The molecule has 2 aromatic carbocycles. The maximum atomic E-state index is 13.2. The van der Waals surface area contributed by atoms with Gasteiger partial charge in [0.15, 0.2) is 0 Å². The molecule has 3 rings (SSSR count). The number of sulfonamides is 1. The minimum Gasteiger partial charge on any atom is -0.370 e. The molecule has 1 amide bonds. The second-order valence-electron chi connectivity index (χ2n) is 7.23. The number of nitrogens with zero attached hydrogens (tertiary/aromatic N) is 1. The van der Waals surface area contributed by atoms with E-state index in [1.165, 1.54) is 10.4 Å². The quantitative estimate of drug-likeness (QED) is 0.619. The Labute approximate surface area is 177 Å². The van der Waals surface area contributed by atoms with Crippen molar-refractivity contribution in [1.82, 2.24) is 5.32 Å². The van der Waals surface area contributed by atoms with Crippen LogP contribution in [-0.4, -0.2) is 27.9 Å². The van der Waals surface area contributed by atoms with Crippen LogP contribution in [0.5, 0.6) is 0 Å². The number of carbonyl (C=O) groups excluding carboxylic acids is 1. The number of para-hydroxylation sites is 1. The second kappa shape index (κ2) is 9.15. The fourth-order valence-corrected chi connectivity index (χ4v) is 5.39. The van der Waals surface area contributed by atoms with Crippen molar-refractivity contribution in [3.05, 3.63) is 58.6 Å². The van der Waals surface area contributed by atoms with Crippen LogP contribution in [0.4, 0.5) is 5.69 Å². The predicted octanol–water partition coefficient (Wildman–Crippen LogP) is 3.59. The van der Waals surface area contributed by atoms with Gasteiger partial charge in [0.1, 0.15) is 0 Å². The van der Waals surface area contributed by atoms with Crippen LogP contribution < -0.4 is 15.4 Å². The number of rotatable bonds is 8. The van der Waals surface area contributed by atoms with Crippen molar-refractivity contribution in [3.63, 3.8) is 0 Å². The van der Waals surface area contributed by atoms with E-state index < -0.39 is 10.0 Å². The number of fused-ring (bicyclic) bond motifs is 2. The molecular formula is C21H26ClN3O3S. The van der Waals surface area contributed by atoms with Crippen molar-refractivity contribution in [2.75, 3.05) is 17.9 Å². The van der Waals surface area contributed by atoms with Gasteiger partial charge in [0.25, 0.3) is 10.0 Å². The van der Waals surface area contributed by atoms with E-state index in [2.05, 4.69) is 5.32 Å². The summed E-state index contributed by atoms with van der Waals surface area (Å²) in [5.41, 5.74) is 7.42. The van der Waals surface area contributed by atoms with Gasteiger partial charge in [0.05, 0.1) is 16.6 Å². The SMILES string of the molecule is CN1c2ccccc2C(NCCCCCCC(N)=O)c2ccc(Cl)cc2S1(=O)=O. The lowest BCUT2D eigenvalue weighted by Gasteiger charge is -2.22. The summed E-state index contributed by atoms with van der Waals surface area (Å²) in [4.78, 5) is 11.0. The minimum atomic E-state index is -3.71. The van der Waals surface area contributed by atoms with Gasteiger partial charge < -0.3 is 11.1 Å². The van der Waals surface area contributed by atoms with Crippen LogP contribution in [-0.2, 0) is 14.8 Å². The van der Waals surface area contributed by atoms with E-state index in [0.717, 1.165) is 37.8 Å². The van der Waals surface area contributed by atoms with Gasteiger partial charge in [-0.1, -0.05) is 48.7 Å². The molecular weight excluding hydrogens is 410 g/mol. The Morgan fingerprint density at radius 2 is 1.83 bits per heavy atom. The van der Waals surface area contributed by atoms with E-state index in [1.807, 2.05) is 24.3 Å². The summed E-state index contributed by atoms with van der Waals surface area (Å²) < 4.78 is 27.7. The van der Waals surface area contributed by atoms with Crippen LogP contribution in [0, 0.1) is 0 Å². The molecule has 0 bridgehead atoms. The number of amides is 1. The second-order valence-corrected chi connectivity index (χ2v) is 9.61. The molecule has 0 saturated carbocycles. The standard InChI is InChI=1S/C21H26ClN3O3S/c1-25-18-9-6-5-8-16(18)21(24-13-7-3-2-4-10-20(23)26)17-12-11-15(22)14-19(17)29(25,27)28/h5-6,8-9,11-12,14,21,24H,2-4,7,10,13H2,1H3,(H2,23,26). The van der Waals surface area contributed by atoms with Gasteiger partial charge >= 0.3 is 0 Å². The van der Waals surface area contributed by atoms with Gasteiger partial charge in [-0.2, -0.15) is 0 Å². The van der Waals surface area contributed by atoms with Crippen molar-refractivity contribution in [3.8, 4) is 0 Å². The normalized spacial score (nSPS) is 17.3. The highest BCUT2D eigenvalue weighted by molar-refractivity contribution is 7.92. The zero-order valence-corrected chi connectivity index (χ0v) is 18.0. The molecule has 6 nitrogen and oxygen atoms in total. The van der Waals surface area contributed by atoms with Crippen molar-refractivity contribution in [2.45, 2.75) is 43.0 Å². The first-order valence-electron chi connectivity index (χ1n) is 9.71. The molecule has 0 radical (unpaired) electrons. The number of nitrogens with one attached hydrogen (secondary N) is 1. The van der Waals surface area contributed by atoms with E-state index in [0.29, 0.717) is 22.7 Å². The molecule has 2 aromatic rings. The average molecular weight is 436 g/mol. The first-order valence-corrected chi connectivity index (χ1v) is 11.5. The lowest BCUT2D eigenvalue weighted by molar-refractivity contribution is -0.118. The highest BCUT2D eigenvalue weighted by atomic mass is 35.5. The topological polar surface area (TPSA) is 92.5 Å². The largest absolute Gasteiger partial charge is 0.370 e. The summed E-state index contributed by atoms with van der Waals surface area (Å²) in [7, 11) is -2.14. The van der Waals surface area contributed by atoms with Crippen molar-refractivity contribution >= 4 is 33.2 Å². The molecule has 8 heteroatoms. The molecule has 3 N–H and O–H groups in total. The lowest BCUT2D eigenvalue weighted by atomic mass is 9.96. The van der Waals surface area contributed by atoms with E-state index in [-0.39, 0.29) is 16.8 Å². The Balaban J connectivity index is 1.85. The highest BCUT2D eigenvalue weighted by Crippen LogP contribution is 2.40. The fraction of sp³-hybridized carbons (Fsp3) is 0.381. The maximum Gasteiger partial charge on any atom is 0.264 e. The van der Waals surface area contributed by atoms with Crippen molar-refractivity contribution < 1.29 is 13.2 Å². The van der Waals surface area contributed by atoms with E-state index >= 15 is 0 Å². The summed E-state index contributed by atoms with van der Waals surface area (Å²) >= 11 is 6.13. The molecule has 29 heavy (non-hydrogen) atoms. The first kappa shape index (κ1) is 21.6. The molecule has 1 unspecified atom stereocenters. The summed E-state index contributed by atoms with van der Waals surface area (Å²) in [6, 6.07) is 12.3. The van der Waals surface area contributed by atoms with Crippen LogP contribution in [0.2, 0.25) is 5.02 Å². The van der Waals surface area contributed by atoms with Crippen LogP contribution in [0.3, 0.4) is 0 Å². The molecule has 1 aliphatic heterocycles. The Morgan fingerprint density at radius 3 is 2.59 bits per heavy atom. The summed E-state index contributed by atoms with van der Waals surface area (Å²) in [5.74, 6) is -0.265. The molecule has 0 saturated heterocycles. The van der Waals surface area contributed by atoms with Crippen molar-refractivity contribution in [1.29, 1.82) is 0 Å². The number of anilines is 1. The molecule has 0 aliphatic carbocycles. The molecule has 1 atom stereocenters. The summed E-state index contributed by atoms with van der Waals surface area (Å²) in [6.07, 6.45) is 4.05. The number of nitrogens with two attached hydrogens (primary N) is 1. The lowest BCUT2D eigenvalue weighted by Crippen LogP contribution is -2.26. The average Bonchev–Trinajstić information content (AvgIpc) is 2.75. The first-order chi connectivity index (χ1) is 13.8. The minimum absolute atomic E-state index is 0.225. The van der Waals surface area contributed by atoms with Crippen molar-refractivity contribution in [2.24, 2.45) is 5.73 Å². The van der Waals surface area contributed by atoms with Gasteiger partial charge in [-0.05, 0) is 48.7 Å². The third kappa shape index (κ3) is 4.74. The Morgan fingerprint density at radius 1 is 1.10 bits per heavy atom. The summed E-state index contributed by atoms with van der Waals surface area (Å²) in [6.45, 7) is 0.724. The molecule has 1 aliphatic rings. The zero-order chi connectivity index (χ0) is 21.0. The molecule has 0 fully saturated rings. The van der Waals surface area contributed by atoms with E-state index in [9.17, 15) is 13.2 Å². The van der Waals surface area contributed by atoms with Crippen LogP contribution >= 0.6 is 11.6 Å². The fourth-order valence-electron chi connectivity index (χ4n) is 3.68. The summed E-state index contributed by atoms with van der Waals surface area (Å²) in [5, 5.41) is 3.91. The number of primary amides is 1. The van der Waals surface area contributed by atoms with Gasteiger partial charge in [-0.15, -0.1) is 0 Å². The number of unbranched alkanes of at least 4 members (excludes halogenated alkanes) is 3. The predicted molar refractivity (Wildman–Crippen MR) is 116 cm³/mol. The monoisotopic (exact) mass is 435 g/mol. The van der Waals surface area contributed by atoms with E-state index in [4.69, 9.17) is 17.3 Å². The van der Waals surface area contributed by atoms with Crippen LogP contribution in [0.15, 0.2) is 47.4 Å². The number of halogens is 1. The molecule has 156 valence electrons. The maximum absolute atomic E-state index is 13.2. The van der Waals surface area contributed by atoms with Gasteiger partial charge in [-0.3, -0.25) is 9.10 Å². The molecule has 1 heterocycles. The number of benzene rings is 2. The third-order valence-corrected chi connectivity index (χ3v) is 7.27. The van der Waals surface area contributed by atoms with E-state index in [1.54, 1.807) is 19.2 Å². The molecule has 0 spiro atoms. The smallest absolute Gasteiger partial charge is 0.264 e. The number of hydrogen-bond donors (Lipinski definition) is 2. The Kier molecular flexibility index (Phi) is 6.82. The van der Waals surface area contributed by atoms with Gasteiger partial charge in [0, 0.05) is 18.5 Å². The zero-order valence-electron chi connectivity index (χ0n) is 16.4.